The first-order valence-corrected chi connectivity index (χ1v) is 12.9. The highest BCUT2D eigenvalue weighted by Gasteiger charge is 2.23. The zero-order valence-electron chi connectivity index (χ0n) is 21.6. The Kier molecular flexibility index (Phi) is 7.08. The fourth-order valence-electron chi connectivity index (χ4n) is 5.08. The van der Waals surface area contributed by atoms with Crippen LogP contribution < -0.4 is 10.6 Å². The molecule has 1 N–H and O–H groups in total. The lowest BCUT2D eigenvalue weighted by atomic mass is 9.96. The second kappa shape index (κ2) is 10.5. The van der Waals surface area contributed by atoms with Gasteiger partial charge in [0.15, 0.2) is 0 Å². The molecule has 0 spiro atoms. The lowest BCUT2D eigenvalue weighted by molar-refractivity contribution is -0.461. The van der Waals surface area contributed by atoms with E-state index in [1.807, 2.05) is 20.2 Å². The van der Waals surface area contributed by atoms with Crippen molar-refractivity contribution in [3.05, 3.63) is 82.4 Å². The number of aromatic hydroxyl groups is 1. The van der Waals surface area contributed by atoms with E-state index < -0.39 is 5.82 Å². The van der Waals surface area contributed by atoms with Crippen molar-refractivity contribution >= 4 is 23.6 Å². The number of nitrogens with zero attached hydrogens (tertiary/aromatic N) is 5. The molecule has 5 rings (SSSR count). The number of benzene rings is 2. The van der Waals surface area contributed by atoms with Gasteiger partial charge in [-0.3, -0.25) is 4.57 Å². The Bertz CT molecular complexity index is 1590. The quantitative estimate of drug-likeness (QED) is 0.290. The number of anilines is 1. The van der Waals surface area contributed by atoms with E-state index in [0.717, 1.165) is 31.7 Å². The SMILES string of the molecule is Cn1ccn(-c2ccc(-c3cc(F)cc(-c4ccnc(N5CCCC(C=[N+](C)C)C5)c4)c3O)cc2Cl)c1=O. The maximum Gasteiger partial charge on any atom is 0.332 e. The molecule has 1 fully saturated rings. The first kappa shape index (κ1) is 25.7. The first-order valence-electron chi connectivity index (χ1n) is 12.5. The number of phenolic OH excluding ortho intramolecular Hbond substituents is 1. The Morgan fingerprint density at radius 1 is 1.11 bits per heavy atom. The van der Waals surface area contributed by atoms with E-state index in [4.69, 9.17) is 11.6 Å². The van der Waals surface area contributed by atoms with Gasteiger partial charge in [-0.1, -0.05) is 17.7 Å². The summed E-state index contributed by atoms with van der Waals surface area (Å²) in [6, 6.07) is 11.3. The van der Waals surface area contributed by atoms with Crippen LogP contribution in [-0.4, -0.2) is 57.2 Å². The highest BCUT2D eigenvalue weighted by atomic mass is 35.5. The van der Waals surface area contributed by atoms with Gasteiger partial charge in [0.1, 0.15) is 37.7 Å². The molecule has 3 heterocycles. The van der Waals surface area contributed by atoms with Crippen molar-refractivity contribution < 1.29 is 14.1 Å². The zero-order chi connectivity index (χ0) is 27.0. The van der Waals surface area contributed by atoms with Gasteiger partial charge in [0.25, 0.3) is 0 Å². The molecule has 2 aromatic heterocycles. The van der Waals surface area contributed by atoms with E-state index in [2.05, 4.69) is 20.7 Å². The molecule has 0 radical (unpaired) electrons. The average Bonchev–Trinajstić information content (AvgIpc) is 3.22. The highest BCUT2D eigenvalue weighted by molar-refractivity contribution is 6.32. The predicted octanol–water partition coefficient (Wildman–Crippen LogP) is 4.96. The molecule has 1 aliphatic rings. The second-order valence-corrected chi connectivity index (χ2v) is 10.3. The highest BCUT2D eigenvalue weighted by Crippen LogP contribution is 2.41. The van der Waals surface area contributed by atoms with Gasteiger partial charge in [0, 0.05) is 49.9 Å². The van der Waals surface area contributed by atoms with Crippen molar-refractivity contribution in [2.24, 2.45) is 13.0 Å². The summed E-state index contributed by atoms with van der Waals surface area (Å²) in [6.45, 7) is 1.74. The molecule has 0 aliphatic carbocycles. The lowest BCUT2D eigenvalue weighted by Gasteiger charge is -2.31. The van der Waals surface area contributed by atoms with Gasteiger partial charge in [-0.05, 0) is 60.4 Å². The van der Waals surface area contributed by atoms with Crippen molar-refractivity contribution in [1.29, 1.82) is 0 Å². The van der Waals surface area contributed by atoms with Gasteiger partial charge in [0.2, 0.25) is 0 Å². The third kappa shape index (κ3) is 5.09. The van der Waals surface area contributed by atoms with E-state index in [0.29, 0.717) is 38.9 Å². The zero-order valence-corrected chi connectivity index (χ0v) is 22.4. The molecule has 4 aromatic rings. The van der Waals surface area contributed by atoms with Crippen LogP contribution in [0, 0.1) is 11.7 Å². The Morgan fingerprint density at radius 3 is 2.50 bits per heavy atom. The number of piperidine rings is 1. The van der Waals surface area contributed by atoms with Crippen LogP contribution in [-0.2, 0) is 7.05 Å². The number of imidazole rings is 1. The summed E-state index contributed by atoms with van der Waals surface area (Å²) in [7, 11) is 5.72. The van der Waals surface area contributed by atoms with Crippen molar-refractivity contribution in [1.82, 2.24) is 14.1 Å². The van der Waals surface area contributed by atoms with Crippen LogP contribution >= 0.6 is 11.6 Å². The van der Waals surface area contributed by atoms with Crippen LogP contribution in [0.1, 0.15) is 12.8 Å². The molecular weight excluding hydrogens is 505 g/mol. The maximum absolute atomic E-state index is 14.9. The number of aromatic nitrogens is 3. The van der Waals surface area contributed by atoms with Crippen LogP contribution in [0.4, 0.5) is 10.2 Å². The molecule has 0 bridgehead atoms. The fourth-order valence-corrected chi connectivity index (χ4v) is 5.35. The van der Waals surface area contributed by atoms with E-state index in [1.165, 1.54) is 21.3 Å². The van der Waals surface area contributed by atoms with Gasteiger partial charge in [-0.2, -0.15) is 0 Å². The van der Waals surface area contributed by atoms with E-state index >= 15 is 0 Å². The number of rotatable bonds is 5. The van der Waals surface area contributed by atoms with Crippen molar-refractivity contribution in [2.75, 3.05) is 32.1 Å². The van der Waals surface area contributed by atoms with Crippen molar-refractivity contribution in [2.45, 2.75) is 12.8 Å². The number of halogens is 2. The number of hydrogen-bond donors (Lipinski definition) is 1. The molecular formula is C29H30ClFN5O2+. The molecule has 9 heteroatoms. The lowest BCUT2D eigenvalue weighted by Crippen LogP contribution is -2.37. The minimum Gasteiger partial charge on any atom is -0.507 e. The van der Waals surface area contributed by atoms with Crippen LogP contribution in [0.25, 0.3) is 27.9 Å². The number of pyridine rings is 1. The topological polar surface area (TPSA) is 66.3 Å². The summed E-state index contributed by atoms with van der Waals surface area (Å²) >= 11 is 6.53. The van der Waals surface area contributed by atoms with Crippen LogP contribution in [0.15, 0.2) is 65.8 Å². The smallest absolute Gasteiger partial charge is 0.332 e. The predicted molar refractivity (Wildman–Crippen MR) is 149 cm³/mol. The summed E-state index contributed by atoms with van der Waals surface area (Å²) in [6.07, 6.45) is 9.38. The van der Waals surface area contributed by atoms with E-state index in [1.54, 1.807) is 49.9 Å². The molecule has 38 heavy (non-hydrogen) atoms. The summed E-state index contributed by atoms with van der Waals surface area (Å²) in [4.78, 5) is 19.2. The first-order chi connectivity index (χ1) is 18.2. The van der Waals surface area contributed by atoms with Crippen molar-refractivity contribution in [3.63, 3.8) is 0 Å². The summed E-state index contributed by atoms with van der Waals surface area (Å²) in [5.41, 5.74) is 2.16. The average molecular weight is 535 g/mol. The molecule has 2 aromatic carbocycles. The Hall–Kier alpha value is -3.91. The van der Waals surface area contributed by atoms with Gasteiger partial charge in [-0.15, -0.1) is 0 Å². The van der Waals surface area contributed by atoms with Crippen molar-refractivity contribution in [3.8, 4) is 33.7 Å². The normalized spacial score (nSPS) is 15.5. The van der Waals surface area contributed by atoms with Gasteiger partial charge in [-0.25, -0.2) is 18.7 Å². The maximum atomic E-state index is 14.9. The minimum atomic E-state index is -0.482. The molecule has 7 nitrogen and oxygen atoms in total. The molecule has 1 atom stereocenters. The van der Waals surface area contributed by atoms with Crippen LogP contribution in [0.2, 0.25) is 5.02 Å². The number of hydrogen-bond acceptors (Lipinski definition) is 4. The van der Waals surface area contributed by atoms with E-state index in [-0.39, 0.29) is 11.4 Å². The minimum absolute atomic E-state index is 0.0540. The number of aryl methyl sites for hydroxylation is 1. The molecule has 1 unspecified atom stereocenters. The fraction of sp³-hybridized carbons (Fsp3) is 0.276. The second-order valence-electron chi connectivity index (χ2n) is 9.94. The van der Waals surface area contributed by atoms with Gasteiger partial charge in [0.05, 0.1) is 16.6 Å². The Labute approximate surface area is 225 Å². The molecule has 0 amide bonds. The Morgan fingerprint density at radius 2 is 1.84 bits per heavy atom. The van der Waals surface area contributed by atoms with Crippen LogP contribution in [0.5, 0.6) is 5.75 Å². The largest absolute Gasteiger partial charge is 0.507 e. The standard InChI is InChI=1S/C29H29ClFN5O2/c1-33(2)17-19-5-4-10-35(18-19)27-14-21(8-9-32-27)24-16-22(31)15-23(28(24)37)20-6-7-26(25(30)13-20)36-12-11-34(3)29(36)38/h6-9,11-17,19H,4-5,10,18H2,1-3H3/p+1. The molecule has 1 saturated heterocycles. The van der Waals surface area contributed by atoms with Gasteiger partial charge >= 0.3 is 5.69 Å². The van der Waals surface area contributed by atoms with Crippen LogP contribution in [0.3, 0.4) is 0 Å². The summed E-state index contributed by atoms with van der Waals surface area (Å²) < 4.78 is 19.8. The molecule has 196 valence electrons. The summed E-state index contributed by atoms with van der Waals surface area (Å²) in [5, 5.41) is 11.6. The monoisotopic (exact) mass is 534 g/mol. The van der Waals surface area contributed by atoms with E-state index in [9.17, 15) is 14.3 Å². The van der Waals surface area contributed by atoms with Gasteiger partial charge < -0.3 is 14.6 Å². The third-order valence-electron chi connectivity index (χ3n) is 6.89. The molecule has 1 aliphatic heterocycles. The third-order valence-corrected chi connectivity index (χ3v) is 7.19. The number of phenols is 1. The Balaban J connectivity index is 1.50. The summed E-state index contributed by atoms with van der Waals surface area (Å²) in [5.74, 6) is 0.689. The molecule has 0 saturated carbocycles.